The Labute approximate surface area is 180 Å². The van der Waals surface area contributed by atoms with E-state index in [2.05, 4.69) is 39.9 Å². The first-order chi connectivity index (χ1) is 13.8. The van der Waals surface area contributed by atoms with Gasteiger partial charge in [0.05, 0.1) is 0 Å². The summed E-state index contributed by atoms with van der Waals surface area (Å²) in [5.41, 5.74) is 0.977. The zero-order valence-corrected chi connectivity index (χ0v) is 19.9. The van der Waals surface area contributed by atoms with Crippen LogP contribution in [-0.4, -0.2) is 12.5 Å². The molecule has 0 unspecified atom stereocenters. The summed E-state index contributed by atoms with van der Waals surface area (Å²) < 4.78 is 0. The molecule has 8 atom stereocenters. The molecule has 0 bridgehead atoms. The van der Waals surface area contributed by atoms with Gasteiger partial charge in [0.1, 0.15) is 0 Å². The van der Waals surface area contributed by atoms with Crippen molar-refractivity contribution in [2.24, 2.45) is 52.3 Å². The van der Waals surface area contributed by atoms with Crippen LogP contribution in [0.2, 0.25) is 0 Å². The minimum atomic E-state index is 0.314. The predicted octanol–water partition coefficient (Wildman–Crippen LogP) is 6.83. The molecule has 3 aliphatic carbocycles. The number of carbonyl (C=O) groups is 1. The SMILES string of the molecule is CC(C)CCC[C@@H](C)[C@H]1CC[C@H]2[C@@H]3CC[C@H]4CC(=O)NCC[C@]4(C)[C@H]3CC[C@]12C. The summed E-state index contributed by atoms with van der Waals surface area (Å²) in [5.74, 6) is 6.37. The van der Waals surface area contributed by atoms with E-state index in [-0.39, 0.29) is 0 Å². The molecule has 0 spiro atoms. The van der Waals surface area contributed by atoms with Crippen molar-refractivity contribution in [3.8, 4) is 0 Å². The largest absolute Gasteiger partial charge is 0.356 e. The number of nitrogens with one attached hydrogen (secondary N) is 1. The molecule has 4 fully saturated rings. The Morgan fingerprint density at radius 2 is 1.69 bits per heavy atom. The van der Waals surface area contributed by atoms with Crippen molar-refractivity contribution in [1.29, 1.82) is 0 Å². The average molecular weight is 402 g/mol. The van der Waals surface area contributed by atoms with Gasteiger partial charge in [-0.05, 0) is 97.2 Å². The standard InChI is InChI=1S/C27H47NO/c1-18(2)7-6-8-19(3)22-11-12-23-21-10-9-20-17-25(29)28-16-15-26(20,4)24(21)13-14-27(22,23)5/h18-24H,6-17H2,1-5H3,(H,28,29)/t19-,20+,21+,22-,23+,24+,26+,27-/m1/s1. The van der Waals surface area contributed by atoms with E-state index < -0.39 is 0 Å². The van der Waals surface area contributed by atoms with Gasteiger partial charge < -0.3 is 5.32 Å². The van der Waals surface area contributed by atoms with Gasteiger partial charge in [0.15, 0.2) is 0 Å². The lowest BCUT2D eigenvalue weighted by molar-refractivity contribution is -0.126. The van der Waals surface area contributed by atoms with Crippen LogP contribution < -0.4 is 5.32 Å². The second-order valence-electron chi connectivity index (χ2n) is 12.5. The normalized spacial score (nSPS) is 45.7. The highest BCUT2D eigenvalue weighted by Crippen LogP contribution is 2.67. The average Bonchev–Trinajstić information content (AvgIpc) is 2.92. The molecule has 1 amide bonds. The van der Waals surface area contributed by atoms with Gasteiger partial charge in [-0.2, -0.15) is 0 Å². The highest BCUT2D eigenvalue weighted by Gasteiger charge is 2.60. The zero-order valence-electron chi connectivity index (χ0n) is 19.9. The van der Waals surface area contributed by atoms with Gasteiger partial charge in [0, 0.05) is 13.0 Å². The van der Waals surface area contributed by atoms with Crippen LogP contribution in [-0.2, 0) is 4.79 Å². The first-order valence-electron chi connectivity index (χ1n) is 13.0. The fourth-order valence-electron chi connectivity index (χ4n) is 9.05. The lowest BCUT2D eigenvalue weighted by Crippen LogP contribution is -2.52. The third-order valence-electron chi connectivity index (χ3n) is 10.7. The first-order valence-corrected chi connectivity index (χ1v) is 13.0. The van der Waals surface area contributed by atoms with Crippen LogP contribution in [0.25, 0.3) is 0 Å². The molecule has 1 saturated heterocycles. The monoisotopic (exact) mass is 401 g/mol. The molecule has 3 saturated carbocycles. The molecule has 0 aromatic carbocycles. The summed E-state index contributed by atoms with van der Waals surface area (Å²) in [6, 6.07) is 0. The van der Waals surface area contributed by atoms with Crippen molar-refractivity contribution < 1.29 is 4.79 Å². The van der Waals surface area contributed by atoms with Crippen molar-refractivity contribution in [1.82, 2.24) is 5.32 Å². The number of hydrogen-bond donors (Lipinski definition) is 1. The fraction of sp³-hybridized carbons (Fsp3) is 0.963. The molecule has 0 aromatic rings. The Morgan fingerprint density at radius 1 is 0.931 bits per heavy atom. The summed E-state index contributed by atoms with van der Waals surface area (Å²) >= 11 is 0. The Morgan fingerprint density at radius 3 is 2.45 bits per heavy atom. The number of carbonyl (C=O) groups excluding carboxylic acids is 1. The van der Waals surface area contributed by atoms with E-state index in [1.165, 1.54) is 64.2 Å². The van der Waals surface area contributed by atoms with Crippen LogP contribution >= 0.6 is 0 Å². The molecular weight excluding hydrogens is 354 g/mol. The Bertz CT molecular complexity index is 599. The van der Waals surface area contributed by atoms with E-state index in [0.717, 1.165) is 48.5 Å². The molecule has 1 N–H and O–H groups in total. The molecule has 29 heavy (non-hydrogen) atoms. The lowest BCUT2D eigenvalue weighted by atomic mass is 9.46. The van der Waals surface area contributed by atoms with E-state index >= 15 is 0 Å². The summed E-state index contributed by atoms with van der Waals surface area (Å²) in [7, 11) is 0. The molecule has 1 aliphatic heterocycles. The highest BCUT2D eigenvalue weighted by molar-refractivity contribution is 5.76. The minimum absolute atomic E-state index is 0.314. The Kier molecular flexibility index (Phi) is 6.13. The third kappa shape index (κ3) is 3.80. The van der Waals surface area contributed by atoms with Crippen LogP contribution in [0.1, 0.15) is 105 Å². The second kappa shape index (κ2) is 8.19. The Balaban J connectivity index is 1.48. The van der Waals surface area contributed by atoms with Gasteiger partial charge in [0.25, 0.3) is 0 Å². The molecule has 1 heterocycles. The van der Waals surface area contributed by atoms with Gasteiger partial charge >= 0.3 is 0 Å². The molecule has 166 valence electrons. The number of fused-ring (bicyclic) bond motifs is 5. The number of hydrogen-bond acceptors (Lipinski definition) is 1. The van der Waals surface area contributed by atoms with Gasteiger partial charge in [0.2, 0.25) is 5.91 Å². The van der Waals surface area contributed by atoms with Gasteiger partial charge in [-0.1, -0.05) is 53.9 Å². The molecular formula is C27H47NO. The first kappa shape index (κ1) is 21.7. The van der Waals surface area contributed by atoms with Gasteiger partial charge in [-0.25, -0.2) is 0 Å². The van der Waals surface area contributed by atoms with E-state index in [9.17, 15) is 4.79 Å². The van der Waals surface area contributed by atoms with Crippen LogP contribution in [0.5, 0.6) is 0 Å². The van der Waals surface area contributed by atoms with Crippen molar-refractivity contribution >= 4 is 5.91 Å². The number of amides is 1. The van der Waals surface area contributed by atoms with Crippen molar-refractivity contribution in [3.63, 3.8) is 0 Å². The molecule has 0 aromatic heterocycles. The van der Waals surface area contributed by atoms with Crippen molar-refractivity contribution in [2.75, 3.05) is 6.54 Å². The maximum atomic E-state index is 12.2. The number of rotatable bonds is 5. The summed E-state index contributed by atoms with van der Waals surface area (Å²) in [5, 5.41) is 3.19. The zero-order chi connectivity index (χ0) is 20.8. The van der Waals surface area contributed by atoms with Crippen molar-refractivity contribution in [2.45, 2.75) is 105 Å². The molecule has 2 heteroatoms. The van der Waals surface area contributed by atoms with Crippen LogP contribution in [0.15, 0.2) is 0 Å². The van der Waals surface area contributed by atoms with E-state index in [0.29, 0.717) is 22.7 Å². The van der Waals surface area contributed by atoms with E-state index in [1.807, 2.05) is 0 Å². The fourth-order valence-corrected chi connectivity index (χ4v) is 9.05. The quantitative estimate of drug-likeness (QED) is 0.537. The predicted molar refractivity (Wildman–Crippen MR) is 121 cm³/mol. The van der Waals surface area contributed by atoms with Crippen LogP contribution in [0.4, 0.5) is 0 Å². The molecule has 4 rings (SSSR count). The highest BCUT2D eigenvalue weighted by atomic mass is 16.1. The topological polar surface area (TPSA) is 29.1 Å². The molecule has 0 radical (unpaired) electrons. The van der Waals surface area contributed by atoms with E-state index in [4.69, 9.17) is 0 Å². The van der Waals surface area contributed by atoms with E-state index in [1.54, 1.807) is 0 Å². The minimum Gasteiger partial charge on any atom is -0.356 e. The third-order valence-corrected chi connectivity index (χ3v) is 10.7. The van der Waals surface area contributed by atoms with Crippen LogP contribution in [0.3, 0.4) is 0 Å². The second-order valence-corrected chi connectivity index (χ2v) is 12.5. The molecule has 2 nitrogen and oxygen atoms in total. The maximum Gasteiger partial charge on any atom is 0.220 e. The van der Waals surface area contributed by atoms with Gasteiger partial charge in [-0.15, -0.1) is 0 Å². The summed E-state index contributed by atoms with van der Waals surface area (Å²) in [6.07, 6.45) is 14.8. The van der Waals surface area contributed by atoms with Crippen molar-refractivity contribution in [3.05, 3.63) is 0 Å². The summed E-state index contributed by atoms with van der Waals surface area (Å²) in [6.45, 7) is 13.5. The lowest BCUT2D eigenvalue weighted by Gasteiger charge is -2.59. The Hall–Kier alpha value is -0.530. The van der Waals surface area contributed by atoms with Gasteiger partial charge in [-0.3, -0.25) is 4.79 Å². The smallest absolute Gasteiger partial charge is 0.220 e. The molecule has 4 aliphatic rings. The summed E-state index contributed by atoms with van der Waals surface area (Å²) in [4.78, 5) is 12.2. The van der Waals surface area contributed by atoms with Crippen LogP contribution in [0, 0.1) is 52.3 Å². The maximum absolute atomic E-state index is 12.2.